The molecular formula is C20H27NO5S. The molecule has 0 atom stereocenters. The molecule has 0 unspecified atom stereocenters. The lowest BCUT2D eigenvalue weighted by atomic mass is 10.1. The van der Waals surface area contributed by atoms with E-state index in [1.807, 2.05) is 12.1 Å². The van der Waals surface area contributed by atoms with E-state index in [0.29, 0.717) is 5.76 Å². The van der Waals surface area contributed by atoms with E-state index in [4.69, 9.17) is 9.15 Å². The van der Waals surface area contributed by atoms with Crippen LogP contribution in [0, 0.1) is 0 Å². The lowest BCUT2D eigenvalue weighted by Crippen LogP contribution is -2.32. The van der Waals surface area contributed by atoms with Gasteiger partial charge >= 0.3 is 5.97 Å². The minimum atomic E-state index is -3.76. The molecule has 0 saturated carbocycles. The highest BCUT2D eigenvalue weighted by molar-refractivity contribution is 7.89. The van der Waals surface area contributed by atoms with E-state index in [0.717, 1.165) is 24.8 Å². The summed E-state index contributed by atoms with van der Waals surface area (Å²) in [5, 5.41) is 0. The zero-order valence-corrected chi connectivity index (χ0v) is 16.7. The van der Waals surface area contributed by atoms with Crippen LogP contribution < -0.4 is 0 Å². The number of carbonyl (C=O) groups is 1. The van der Waals surface area contributed by atoms with Crippen molar-refractivity contribution in [3.05, 3.63) is 54.0 Å². The second-order valence-electron chi connectivity index (χ2n) is 6.22. The van der Waals surface area contributed by atoms with Crippen LogP contribution >= 0.6 is 0 Å². The Balaban J connectivity index is 2.18. The summed E-state index contributed by atoms with van der Waals surface area (Å²) in [6.45, 7) is 4.19. The number of furan rings is 1. The summed E-state index contributed by atoms with van der Waals surface area (Å²) >= 11 is 0. The van der Waals surface area contributed by atoms with Gasteiger partial charge in [0.05, 0.1) is 30.7 Å². The Hall–Kier alpha value is -2.12. The summed E-state index contributed by atoms with van der Waals surface area (Å²) in [7, 11) is -3.76. The number of hydrogen-bond donors (Lipinski definition) is 0. The number of unbranched alkanes of at least 4 members (excludes halogenated alkanes) is 1. The minimum absolute atomic E-state index is 0.0115. The third-order valence-electron chi connectivity index (χ3n) is 4.16. The van der Waals surface area contributed by atoms with Crippen LogP contribution in [0.25, 0.3) is 0 Å². The van der Waals surface area contributed by atoms with Crippen LogP contribution in [-0.4, -0.2) is 31.8 Å². The van der Waals surface area contributed by atoms with Crippen molar-refractivity contribution < 1.29 is 22.4 Å². The first-order valence-electron chi connectivity index (χ1n) is 9.24. The van der Waals surface area contributed by atoms with Crippen LogP contribution in [0.5, 0.6) is 0 Å². The fourth-order valence-electron chi connectivity index (χ4n) is 2.67. The Kier molecular flexibility index (Phi) is 8.06. The van der Waals surface area contributed by atoms with Crippen LogP contribution in [0.1, 0.15) is 44.4 Å². The smallest absolute Gasteiger partial charge is 0.307 e. The molecular weight excluding hydrogens is 366 g/mol. The maximum absolute atomic E-state index is 13.1. The van der Waals surface area contributed by atoms with Crippen LogP contribution in [0.15, 0.2) is 52.0 Å². The summed E-state index contributed by atoms with van der Waals surface area (Å²) in [5.74, 6) is 0.0917. The average molecular weight is 394 g/mol. The van der Waals surface area contributed by atoms with Crippen molar-refractivity contribution >= 4 is 16.0 Å². The molecule has 0 amide bonds. The van der Waals surface area contributed by atoms with Crippen molar-refractivity contribution in [1.82, 2.24) is 4.31 Å². The lowest BCUT2D eigenvalue weighted by molar-refractivity contribution is -0.143. The van der Waals surface area contributed by atoms with Gasteiger partial charge in [0.1, 0.15) is 5.76 Å². The average Bonchev–Trinajstić information content (AvgIpc) is 3.17. The van der Waals surface area contributed by atoms with Gasteiger partial charge in [-0.2, -0.15) is 4.31 Å². The van der Waals surface area contributed by atoms with Crippen molar-refractivity contribution in [1.29, 1.82) is 0 Å². The maximum atomic E-state index is 13.1. The van der Waals surface area contributed by atoms with Gasteiger partial charge < -0.3 is 9.15 Å². The summed E-state index contributed by atoms with van der Waals surface area (Å²) in [4.78, 5) is 11.9. The molecule has 148 valence electrons. The number of rotatable bonds is 11. The molecule has 0 radical (unpaired) electrons. The summed E-state index contributed by atoms with van der Waals surface area (Å²) in [5.41, 5.74) is 1.11. The molecule has 1 aromatic carbocycles. The minimum Gasteiger partial charge on any atom is -0.468 e. The van der Waals surface area contributed by atoms with Crippen LogP contribution in [0.2, 0.25) is 0 Å². The van der Waals surface area contributed by atoms with E-state index in [-0.39, 0.29) is 31.0 Å². The fourth-order valence-corrected chi connectivity index (χ4v) is 4.07. The lowest BCUT2D eigenvalue weighted by Gasteiger charge is -2.21. The molecule has 0 N–H and O–H groups in total. The molecule has 0 aliphatic carbocycles. The summed E-state index contributed by atoms with van der Waals surface area (Å²) in [6.07, 6.45) is 4.56. The highest BCUT2D eigenvalue weighted by Gasteiger charge is 2.26. The molecule has 7 heteroatoms. The maximum Gasteiger partial charge on any atom is 0.307 e. The number of esters is 1. The van der Waals surface area contributed by atoms with E-state index < -0.39 is 16.0 Å². The zero-order chi connectivity index (χ0) is 19.7. The van der Waals surface area contributed by atoms with Crippen LogP contribution in [0.3, 0.4) is 0 Å². The van der Waals surface area contributed by atoms with Crippen molar-refractivity contribution in [2.24, 2.45) is 0 Å². The van der Waals surface area contributed by atoms with Crippen molar-refractivity contribution in [3.63, 3.8) is 0 Å². The van der Waals surface area contributed by atoms with E-state index in [1.54, 1.807) is 31.2 Å². The van der Waals surface area contributed by atoms with E-state index in [1.165, 1.54) is 10.6 Å². The van der Waals surface area contributed by atoms with Crippen LogP contribution in [0.4, 0.5) is 0 Å². The third kappa shape index (κ3) is 6.22. The third-order valence-corrected chi connectivity index (χ3v) is 6.02. The van der Waals surface area contributed by atoms with E-state index in [2.05, 4.69) is 6.92 Å². The Labute approximate surface area is 161 Å². The predicted octanol–water partition coefficient (Wildman–Crippen LogP) is 3.77. The van der Waals surface area contributed by atoms with Gasteiger partial charge in [-0.15, -0.1) is 0 Å². The topological polar surface area (TPSA) is 76.8 Å². The molecule has 0 spiro atoms. The molecule has 1 heterocycles. The predicted molar refractivity (Wildman–Crippen MR) is 103 cm³/mol. The van der Waals surface area contributed by atoms with Gasteiger partial charge in [0, 0.05) is 6.54 Å². The Morgan fingerprint density at radius 1 is 1.15 bits per heavy atom. The molecule has 6 nitrogen and oxygen atoms in total. The molecule has 0 aliphatic heterocycles. The highest BCUT2D eigenvalue weighted by Crippen LogP contribution is 2.20. The van der Waals surface area contributed by atoms with Gasteiger partial charge in [-0.3, -0.25) is 4.79 Å². The molecule has 0 bridgehead atoms. The second kappa shape index (κ2) is 10.3. The molecule has 0 fully saturated rings. The Morgan fingerprint density at radius 2 is 1.89 bits per heavy atom. The Morgan fingerprint density at radius 3 is 2.48 bits per heavy atom. The molecule has 0 saturated heterocycles. The van der Waals surface area contributed by atoms with Crippen molar-refractivity contribution in [3.8, 4) is 0 Å². The summed E-state index contributed by atoms with van der Waals surface area (Å²) in [6, 6.07) is 10.4. The quantitative estimate of drug-likeness (QED) is 0.543. The van der Waals surface area contributed by atoms with Gasteiger partial charge in [-0.1, -0.05) is 25.5 Å². The fraction of sp³-hybridized carbons (Fsp3) is 0.450. The van der Waals surface area contributed by atoms with Gasteiger partial charge in [-0.25, -0.2) is 8.42 Å². The van der Waals surface area contributed by atoms with Gasteiger partial charge in [0.2, 0.25) is 10.0 Å². The number of sulfonamides is 1. The van der Waals surface area contributed by atoms with Gasteiger partial charge in [-0.05, 0) is 49.6 Å². The first-order chi connectivity index (χ1) is 13.0. The standard InChI is InChI=1S/C20H27NO5S/c1-3-5-7-17-9-11-19(12-10-17)27(23,24)21(14-13-20(22)25-4-2)16-18-8-6-15-26-18/h6,8-12,15H,3-5,7,13-14,16H2,1-2H3. The number of carbonyl (C=O) groups excluding carboxylic acids is 1. The monoisotopic (exact) mass is 393 g/mol. The first-order valence-corrected chi connectivity index (χ1v) is 10.7. The van der Waals surface area contributed by atoms with Gasteiger partial charge in [0.25, 0.3) is 0 Å². The number of aryl methyl sites for hydroxylation is 1. The zero-order valence-electron chi connectivity index (χ0n) is 15.9. The van der Waals surface area contributed by atoms with Crippen LogP contribution in [-0.2, 0) is 32.5 Å². The highest BCUT2D eigenvalue weighted by atomic mass is 32.2. The number of hydrogen-bond acceptors (Lipinski definition) is 5. The molecule has 2 aromatic rings. The molecule has 1 aromatic heterocycles. The van der Waals surface area contributed by atoms with Gasteiger partial charge in [0.15, 0.2) is 0 Å². The van der Waals surface area contributed by atoms with Crippen molar-refractivity contribution in [2.75, 3.05) is 13.2 Å². The van der Waals surface area contributed by atoms with E-state index >= 15 is 0 Å². The SMILES string of the molecule is CCCCc1ccc(S(=O)(=O)N(CCC(=O)OCC)Cc2ccco2)cc1. The number of nitrogens with zero attached hydrogens (tertiary/aromatic N) is 1. The Bertz CT molecular complexity index is 797. The largest absolute Gasteiger partial charge is 0.468 e. The number of ether oxygens (including phenoxy) is 1. The summed E-state index contributed by atoms with van der Waals surface area (Å²) < 4.78 is 37.6. The van der Waals surface area contributed by atoms with E-state index in [9.17, 15) is 13.2 Å². The molecule has 0 aliphatic rings. The normalized spacial score (nSPS) is 11.7. The molecule has 27 heavy (non-hydrogen) atoms. The second-order valence-corrected chi connectivity index (χ2v) is 8.16. The van der Waals surface area contributed by atoms with Crippen molar-refractivity contribution in [2.45, 2.75) is 51.0 Å². The number of benzene rings is 1. The molecule has 2 rings (SSSR count). The first kappa shape index (κ1) is 21.2.